The first-order chi connectivity index (χ1) is 7.66. The zero-order valence-electron chi connectivity index (χ0n) is 8.60. The first-order valence-electron chi connectivity index (χ1n) is 4.63. The minimum Gasteiger partial charge on any atom is -0.379 e. The van der Waals surface area contributed by atoms with Crippen LogP contribution in [0.5, 0.6) is 0 Å². The average molecular weight is 218 g/mol. The van der Waals surface area contributed by atoms with Gasteiger partial charge in [-0.05, 0) is 34.9 Å². The predicted octanol–water partition coefficient (Wildman–Crippen LogP) is 1.21. The Labute approximate surface area is 91.4 Å². The van der Waals surface area contributed by atoms with Crippen molar-refractivity contribution in [2.45, 2.75) is 6.92 Å². The van der Waals surface area contributed by atoms with Gasteiger partial charge >= 0.3 is 0 Å². The first kappa shape index (κ1) is 10.2. The molecule has 16 heavy (non-hydrogen) atoms. The molecule has 1 aromatic heterocycles. The van der Waals surface area contributed by atoms with Crippen molar-refractivity contribution in [2.75, 3.05) is 11.1 Å². The number of aryl methyl sites for hydroxylation is 1. The number of rotatable bonds is 2. The largest absolute Gasteiger partial charge is 0.379 e. The van der Waals surface area contributed by atoms with E-state index in [0.29, 0.717) is 5.69 Å². The molecular formula is C10H10N4O2. The summed E-state index contributed by atoms with van der Waals surface area (Å²) < 4.78 is 4.34. The Balaban J connectivity index is 2.17. The van der Waals surface area contributed by atoms with Crippen LogP contribution in [-0.4, -0.2) is 16.2 Å². The summed E-state index contributed by atoms with van der Waals surface area (Å²) in [6.45, 7) is 1.93. The Kier molecular flexibility index (Phi) is 2.55. The molecule has 2 aromatic rings. The first-order valence-corrected chi connectivity index (χ1v) is 4.63. The summed E-state index contributed by atoms with van der Waals surface area (Å²) in [7, 11) is 0. The van der Waals surface area contributed by atoms with E-state index < -0.39 is 5.91 Å². The number of hydrogen-bond acceptors (Lipinski definition) is 5. The van der Waals surface area contributed by atoms with Crippen LogP contribution in [0.1, 0.15) is 16.1 Å². The summed E-state index contributed by atoms with van der Waals surface area (Å²) in [5.74, 6) is -0.463. The molecule has 0 unspecified atom stereocenters. The van der Waals surface area contributed by atoms with Crippen molar-refractivity contribution in [1.82, 2.24) is 10.3 Å². The van der Waals surface area contributed by atoms with Crippen LogP contribution in [0.2, 0.25) is 0 Å². The lowest BCUT2D eigenvalue weighted by atomic mass is 10.2. The lowest BCUT2D eigenvalue weighted by Crippen LogP contribution is -2.14. The van der Waals surface area contributed by atoms with Gasteiger partial charge in [0.15, 0.2) is 0 Å². The number of nitrogens with two attached hydrogens (primary N) is 1. The number of hydrogen-bond donors (Lipinski definition) is 2. The van der Waals surface area contributed by atoms with Crippen molar-refractivity contribution >= 4 is 17.4 Å². The molecule has 0 atom stereocenters. The third kappa shape index (κ3) is 2.00. The molecule has 0 aliphatic heterocycles. The normalized spacial score (nSPS) is 10.1. The van der Waals surface area contributed by atoms with Crippen LogP contribution in [0.25, 0.3) is 0 Å². The van der Waals surface area contributed by atoms with Crippen LogP contribution < -0.4 is 11.1 Å². The Bertz CT molecular complexity index is 521. The highest BCUT2D eigenvalue weighted by Crippen LogP contribution is 2.12. The predicted molar refractivity (Wildman–Crippen MR) is 57.8 cm³/mol. The topological polar surface area (TPSA) is 94.0 Å². The van der Waals surface area contributed by atoms with Gasteiger partial charge in [0.2, 0.25) is 11.5 Å². The van der Waals surface area contributed by atoms with Gasteiger partial charge in [0, 0.05) is 5.69 Å². The number of carbonyl (C=O) groups is 1. The second-order valence-corrected chi connectivity index (χ2v) is 3.32. The minimum absolute atomic E-state index is 0.0125. The molecule has 0 bridgehead atoms. The van der Waals surface area contributed by atoms with Crippen LogP contribution in [-0.2, 0) is 0 Å². The van der Waals surface area contributed by atoms with Gasteiger partial charge in [0.25, 0.3) is 5.91 Å². The zero-order valence-corrected chi connectivity index (χ0v) is 8.60. The molecule has 0 radical (unpaired) electrons. The van der Waals surface area contributed by atoms with Crippen molar-refractivity contribution < 1.29 is 9.42 Å². The molecule has 0 spiro atoms. The van der Waals surface area contributed by atoms with Crippen molar-refractivity contribution in [3.05, 3.63) is 35.5 Å². The number of nitrogens with zero attached hydrogens (tertiary/aromatic N) is 2. The van der Waals surface area contributed by atoms with Gasteiger partial charge in [-0.25, -0.2) is 4.63 Å². The summed E-state index contributed by atoms with van der Waals surface area (Å²) in [4.78, 5) is 11.7. The lowest BCUT2D eigenvalue weighted by molar-refractivity contribution is 0.101. The Morgan fingerprint density at radius 2 is 2.25 bits per heavy atom. The van der Waals surface area contributed by atoms with Gasteiger partial charge in [0.05, 0.1) is 0 Å². The monoisotopic (exact) mass is 218 g/mol. The standard InChI is InChI=1S/C10H10N4O2/c1-6-3-2-4-7(5-6)12-10(15)8-9(11)14-16-13-8/h2-5H,1H3,(H2,11,14)(H,12,15). The van der Waals surface area contributed by atoms with E-state index in [-0.39, 0.29) is 11.5 Å². The van der Waals surface area contributed by atoms with Gasteiger partial charge in [-0.2, -0.15) is 0 Å². The van der Waals surface area contributed by atoms with Gasteiger partial charge < -0.3 is 11.1 Å². The molecule has 0 saturated carbocycles. The fraction of sp³-hybridized carbons (Fsp3) is 0.100. The molecule has 1 amide bonds. The molecule has 6 nitrogen and oxygen atoms in total. The summed E-state index contributed by atoms with van der Waals surface area (Å²) in [6, 6.07) is 7.38. The van der Waals surface area contributed by atoms with E-state index in [0.717, 1.165) is 5.56 Å². The van der Waals surface area contributed by atoms with Crippen LogP contribution >= 0.6 is 0 Å². The molecule has 82 valence electrons. The Hall–Kier alpha value is -2.37. The van der Waals surface area contributed by atoms with E-state index in [1.54, 1.807) is 6.07 Å². The van der Waals surface area contributed by atoms with Crippen LogP contribution in [0.4, 0.5) is 11.5 Å². The van der Waals surface area contributed by atoms with Crippen molar-refractivity contribution in [3.8, 4) is 0 Å². The number of nitrogens with one attached hydrogen (secondary N) is 1. The molecular weight excluding hydrogens is 208 g/mol. The van der Waals surface area contributed by atoms with Gasteiger partial charge in [-0.15, -0.1) is 0 Å². The van der Waals surface area contributed by atoms with E-state index in [2.05, 4.69) is 20.3 Å². The van der Waals surface area contributed by atoms with Crippen LogP contribution in [0.3, 0.4) is 0 Å². The second-order valence-electron chi connectivity index (χ2n) is 3.32. The zero-order chi connectivity index (χ0) is 11.5. The number of nitrogen functional groups attached to an aromatic ring is 1. The maximum Gasteiger partial charge on any atom is 0.281 e. The minimum atomic E-state index is -0.440. The number of anilines is 2. The smallest absolute Gasteiger partial charge is 0.281 e. The summed E-state index contributed by atoms with van der Waals surface area (Å²) >= 11 is 0. The highest BCUT2D eigenvalue weighted by Gasteiger charge is 2.15. The lowest BCUT2D eigenvalue weighted by Gasteiger charge is -2.03. The molecule has 0 aliphatic rings. The highest BCUT2D eigenvalue weighted by molar-refractivity contribution is 6.05. The summed E-state index contributed by atoms with van der Waals surface area (Å²) in [5.41, 5.74) is 7.10. The maximum absolute atomic E-state index is 11.7. The molecule has 0 fully saturated rings. The average Bonchev–Trinajstić information content (AvgIpc) is 2.64. The number of aromatic nitrogens is 2. The van der Waals surface area contributed by atoms with Gasteiger partial charge in [-0.1, -0.05) is 12.1 Å². The van der Waals surface area contributed by atoms with Crippen molar-refractivity contribution in [2.24, 2.45) is 0 Å². The van der Waals surface area contributed by atoms with Gasteiger partial charge in [0.1, 0.15) is 0 Å². The molecule has 6 heteroatoms. The fourth-order valence-electron chi connectivity index (χ4n) is 1.27. The van der Waals surface area contributed by atoms with Gasteiger partial charge in [-0.3, -0.25) is 4.79 Å². The van der Waals surface area contributed by atoms with E-state index in [4.69, 9.17) is 5.73 Å². The van der Waals surface area contributed by atoms with E-state index >= 15 is 0 Å². The highest BCUT2D eigenvalue weighted by atomic mass is 16.6. The SMILES string of the molecule is Cc1cccc(NC(=O)c2nonc2N)c1. The summed E-state index contributed by atoms with van der Waals surface area (Å²) in [5, 5.41) is 9.38. The number of amides is 1. The third-order valence-corrected chi connectivity index (χ3v) is 2.00. The Morgan fingerprint density at radius 3 is 2.88 bits per heavy atom. The van der Waals surface area contributed by atoms with Crippen molar-refractivity contribution in [1.29, 1.82) is 0 Å². The molecule has 2 rings (SSSR count). The van der Waals surface area contributed by atoms with Crippen molar-refractivity contribution in [3.63, 3.8) is 0 Å². The fourth-order valence-corrected chi connectivity index (χ4v) is 1.27. The van der Waals surface area contributed by atoms with E-state index in [1.807, 2.05) is 25.1 Å². The number of carbonyl (C=O) groups excluding carboxylic acids is 1. The molecule has 3 N–H and O–H groups in total. The van der Waals surface area contributed by atoms with Crippen LogP contribution in [0, 0.1) is 6.92 Å². The molecule has 0 aliphatic carbocycles. The molecule has 1 aromatic carbocycles. The summed E-state index contributed by atoms with van der Waals surface area (Å²) in [6.07, 6.45) is 0. The van der Waals surface area contributed by atoms with E-state index in [1.165, 1.54) is 0 Å². The van der Waals surface area contributed by atoms with E-state index in [9.17, 15) is 4.79 Å². The Morgan fingerprint density at radius 1 is 1.44 bits per heavy atom. The maximum atomic E-state index is 11.7. The molecule has 1 heterocycles. The molecule has 0 saturated heterocycles. The number of benzene rings is 1. The quantitative estimate of drug-likeness (QED) is 0.790. The van der Waals surface area contributed by atoms with Crippen LogP contribution in [0.15, 0.2) is 28.9 Å². The third-order valence-electron chi connectivity index (χ3n) is 2.00. The second kappa shape index (κ2) is 4.01.